The van der Waals surface area contributed by atoms with Crippen molar-refractivity contribution in [2.75, 3.05) is 13.7 Å². The second-order valence-corrected chi connectivity index (χ2v) is 6.01. The Morgan fingerprint density at radius 2 is 2.08 bits per heavy atom. The summed E-state index contributed by atoms with van der Waals surface area (Å²) in [6.07, 6.45) is 5.89. The zero-order chi connectivity index (χ0) is 16.9. The van der Waals surface area contributed by atoms with Crippen LogP contribution in [0.1, 0.15) is 31.2 Å². The van der Waals surface area contributed by atoms with Gasteiger partial charge in [-0.2, -0.15) is 0 Å². The molecule has 1 heterocycles. The molecule has 1 aromatic heterocycles. The van der Waals surface area contributed by atoms with Crippen molar-refractivity contribution in [1.82, 2.24) is 5.32 Å². The topological polar surface area (TPSA) is 77.8 Å². The number of amides is 1. The van der Waals surface area contributed by atoms with E-state index in [0.29, 0.717) is 11.3 Å². The molecule has 1 aliphatic carbocycles. The second kappa shape index (κ2) is 7.38. The number of esters is 1. The highest BCUT2D eigenvalue weighted by atomic mass is 16.5. The molecule has 0 atom stereocenters. The van der Waals surface area contributed by atoms with Crippen LogP contribution in [0.5, 0.6) is 5.75 Å². The monoisotopic (exact) mass is 331 g/mol. The van der Waals surface area contributed by atoms with E-state index < -0.39 is 5.97 Å². The standard InChI is InChI=1S/C18H21NO5/c1-22-14-6-7-15-12(10-23-16(15)9-14)8-18(21)24-11-17(20)19-13-4-2-3-5-13/h6-7,9-10,13H,2-5,8,11H2,1H3,(H,19,20). The molecule has 1 N–H and O–H groups in total. The van der Waals surface area contributed by atoms with Gasteiger partial charge in [0.2, 0.25) is 0 Å². The third-order valence-electron chi connectivity index (χ3n) is 4.28. The zero-order valence-corrected chi connectivity index (χ0v) is 13.7. The molecule has 0 radical (unpaired) electrons. The molecule has 1 amide bonds. The Morgan fingerprint density at radius 1 is 1.29 bits per heavy atom. The number of nitrogens with one attached hydrogen (secondary N) is 1. The summed E-state index contributed by atoms with van der Waals surface area (Å²) in [5.74, 6) is 0.00156. The number of hydrogen-bond donors (Lipinski definition) is 1. The summed E-state index contributed by atoms with van der Waals surface area (Å²) in [6, 6.07) is 5.64. The van der Waals surface area contributed by atoms with Crippen LogP contribution in [0.4, 0.5) is 0 Å². The fourth-order valence-corrected chi connectivity index (χ4v) is 3.02. The van der Waals surface area contributed by atoms with Crippen LogP contribution in [0.3, 0.4) is 0 Å². The van der Waals surface area contributed by atoms with Crippen LogP contribution in [0.25, 0.3) is 11.0 Å². The summed E-state index contributed by atoms with van der Waals surface area (Å²) < 4.78 is 15.6. The fourth-order valence-electron chi connectivity index (χ4n) is 3.02. The van der Waals surface area contributed by atoms with E-state index in [4.69, 9.17) is 13.9 Å². The molecule has 0 aliphatic heterocycles. The molecule has 0 bridgehead atoms. The molecule has 24 heavy (non-hydrogen) atoms. The Morgan fingerprint density at radius 3 is 2.83 bits per heavy atom. The van der Waals surface area contributed by atoms with E-state index in [9.17, 15) is 9.59 Å². The first-order chi connectivity index (χ1) is 11.7. The van der Waals surface area contributed by atoms with Crippen molar-refractivity contribution >= 4 is 22.8 Å². The van der Waals surface area contributed by atoms with Crippen LogP contribution in [0.15, 0.2) is 28.9 Å². The van der Waals surface area contributed by atoms with E-state index in [1.807, 2.05) is 12.1 Å². The Hall–Kier alpha value is -2.50. The molecule has 6 nitrogen and oxygen atoms in total. The van der Waals surface area contributed by atoms with Crippen molar-refractivity contribution < 1.29 is 23.5 Å². The second-order valence-electron chi connectivity index (χ2n) is 6.01. The molecule has 1 aliphatic rings. The Kier molecular flexibility index (Phi) is 5.03. The van der Waals surface area contributed by atoms with Gasteiger partial charge in [0.25, 0.3) is 5.91 Å². The van der Waals surface area contributed by atoms with Gasteiger partial charge < -0.3 is 19.2 Å². The van der Waals surface area contributed by atoms with E-state index in [0.717, 1.165) is 36.6 Å². The molecule has 0 unspecified atom stereocenters. The average Bonchev–Trinajstić information content (AvgIpc) is 3.22. The lowest BCUT2D eigenvalue weighted by Gasteiger charge is -2.11. The minimum atomic E-state index is -0.449. The highest BCUT2D eigenvalue weighted by Crippen LogP contribution is 2.26. The molecular formula is C18H21NO5. The maximum atomic E-state index is 12.0. The average molecular weight is 331 g/mol. The molecule has 1 saturated carbocycles. The number of carbonyl (C=O) groups is 2. The molecule has 6 heteroatoms. The van der Waals surface area contributed by atoms with Crippen molar-refractivity contribution in [2.45, 2.75) is 38.1 Å². The molecule has 3 rings (SSSR count). The molecule has 128 valence electrons. The van der Waals surface area contributed by atoms with Crippen LogP contribution >= 0.6 is 0 Å². The van der Waals surface area contributed by atoms with Gasteiger partial charge >= 0.3 is 5.97 Å². The van der Waals surface area contributed by atoms with Gasteiger partial charge in [-0.25, -0.2) is 0 Å². The van der Waals surface area contributed by atoms with Crippen LogP contribution in [-0.4, -0.2) is 31.6 Å². The Labute approximate surface area is 140 Å². The van der Waals surface area contributed by atoms with Gasteiger partial charge in [-0.15, -0.1) is 0 Å². The number of carbonyl (C=O) groups excluding carboxylic acids is 2. The van der Waals surface area contributed by atoms with Crippen LogP contribution in [0, 0.1) is 0 Å². The SMILES string of the molecule is COc1ccc2c(CC(=O)OCC(=O)NC3CCCC3)coc2c1. The number of ether oxygens (including phenoxy) is 2. The molecular weight excluding hydrogens is 310 g/mol. The summed E-state index contributed by atoms with van der Waals surface area (Å²) in [5, 5.41) is 3.72. The third kappa shape index (κ3) is 3.88. The van der Waals surface area contributed by atoms with E-state index in [-0.39, 0.29) is 25.0 Å². The van der Waals surface area contributed by atoms with E-state index in [2.05, 4.69) is 5.32 Å². The number of fused-ring (bicyclic) bond motifs is 1. The van der Waals surface area contributed by atoms with Crippen LogP contribution < -0.4 is 10.1 Å². The maximum Gasteiger partial charge on any atom is 0.310 e. The van der Waals surface area contributed by atoms with E-state index in [1.165, 1.54) is 6.26 Å². The minimum absolute atomic E-state index is 0.0655. The van der Waals surface area contributed by atoms with E-state index in [1.54, 1.807) is 13.2 Å². The van der Waals surface area contributed by atoms with Gasteiger partial charge in [-0.1, -0.05) is 12.8 Å². The number of methoxy groups -OCH3 is 1. The molecule has 1 fully saturated rings. The molecule has 0 spiro atoms. The summed E-state index contributed by atoms with van der Waals surface area (Å²) in [6.45, 7) is -0.237. The number of hydrogen-bond acceptors (Lipinski definition) is 5. The van der Waals surface area contributed by atoms with Crippen molar-refractivity contribution in [3.63, 3.8) is 0 Å². The third-order valence-corrected chi connectivity index (χ3v) is 4.28. The fraction of sp³-hybridized carbons (Fsp3) is 0.444. The van der Waals surface area contributed by atoms with Gasteiger partial charge in [0.15, 0.2) is 6.61 Å². The van der Waals surface area contributed by atoms with Gasteiger partial charge in [0.05, 0.1) is 19.8 Å². The first-order valence-electron chi connectivity index (χ1n) is 8.15. The van der Waals surface area contributed by atoms with Crippen LogP contribution in [0.2, 0.25) is 0 Å². The highest BCUT2D eigenvalue weighted by molar-refractivity contribution is 5.87. The predicted octanol–water partition coefficient (Wildman–Crippen LogP) is 2.59. The molecule has 2 aromatic rings. The number of benzene rings is 1. The lowest BCUT2D eigenvalue weighted by molar-refractivity contribution is -0.148. The van der Waals surface area contributed by atoms with Crippen molar-refractivity contribution in [3.05, 3.63) is 30.0 Å². The Balaban J connectivity index is 1.52. The summed E-state index contributed by atoms with van der Waals surface area (Å²) in [5.41, 5.74) is 1.38. The lowest BCUT2D eigenvalue weighted by atomic mass is 10.1. The normalized spacial score (nSPS) is 14.7. The van der Waals surface area contributed by atoms with Crippen molar-refractivity contribution in [1.29, 1.82) is 0 Å². The van der Waals surface area contributed by atoms with Crippen molar-refractivity contribution in [2.24, 2.45) is 0 Å². The summed E-state index contributed by atoms with van der Waals surface area (Å²) >= 11 is 0. The smallest absolute Gasteiger partial charge is 0.310 e. The number of rotatable bonds is 6. The van der Waals surface area contributed by atoms with Gasteiger partial charge in [-0.3, -0.25) is 9.59 Å². The number of furan rings is 1. The van der Waals surface area contributed by atoms with Gasteiger partial charge in [0, 0.05) is 23.1 Å². The van der Waals surface area contributed by atoms with Crippen LogP contribution in [-0.2, 0) is 20.7 Å². The minimum Gasteiger partial charge on any atom is -0.497 e. The molecule has 0 saturated heterocycles. The maximum absolute atomic E-state index is 12.0. The lowest BCUT2D eigenvalue weighted by Crippen LogP contribution is -2.36. The highest BCUT2D eigenvalue weighted by Gasteiger charge is 2.18. The quantitative estimate of drug-likeness (QED) is 0.823. The zero-order valence-electron chi connectivity index (χ0n) is 13.7. The predicted molar refractivity (Wildman–Crippen MR) is 87.8 cm³/mol. The largest absolute Gasteiger partial charge is 0.497 e. The Bertz CT molecular complexity index is 730. The van der Waals surface area contributed by atoms with Gasteiger partial charge in [0.1, 0.15) is 11.3 Å². The first-order valence-corrected chi connectivity index (χ1v) is 8.15. The first kappa shape index (κ1) is 16.4. The molecule has 1 aromatic carbocycles. The van der Waals surface area contributed by atoms with Gasteiger partial charge in [-0.05, 0) is 25.0 Å². The summed E-state index contributed by atoms with van der Waals surface area (Å²) in [4.78, 5) is 23.7. The summed E-state index contributed by atoms with van der Waals surface area (Å²) in [7, 11) is 1.58. The van der Waals surface area contributed by atoms with Crippen molar-refractivity contribution in [3.8, 4) is 5.75 Å². The van der Waals surface area contributed by atoms with E-state index >= 15 is 0 Å².